The number of para-hydroxylation sites is 3. The van der Waals surface area contributed by atoms with E-state index in [0.717, 1.165) is 87.8 Å². The van der Waals surface area contributed by atoms with Gasteiger partial charge in [0.15, 0.2) is 0 Å². The summed E-state index contributed by atoms with van der Waals surface area (Å²) in [4.78, 5) is 26.0. The zero-order valence-electron chi connectivity index (χ0n) is 29.0. The fourth-order valence-corrected chi connectivity index (χ4v) is 8.29. The van der Waals surface area contributed by atoms with Gasteiger partial charge in [-0.3, -0.25) is 13.9 Å². The molecule has 0 N–H and O–H groups in total. The minimum atomic E-state index is -0.0913. The van der Waals surface area contributed by atoms with Gasteiger partial charge < -0.3 is 0 Å². The summed E-state index contributed by atoms with van der Waals surface area (Å²) in [6.45, 7) is 0. The van der Waals surface area contributed by atoms with E-state index >= 15 is 4.79 Å². The Morgan fingerprint density at radius 2 is 0.981 bits per heavy atom. The van der Waals surface area contributed by atoms with E-state index in [1.165, 1.54) is 0 Å². The maximum absolute atomic E-state index is 15.2. The van der Waals surface area contributed by atoms with Crippen molar-refractivity contribution in [3.05, 3.63) is 192 Å². The van der Waals surface area contributed by atoms with Crippen molar-refractivity contribution >= 4 is 65.2 Å². The van der Waals surface area contributed by atoms with E-state index in [-0.39, 0.29) is 5.56 Å². The quantitative estimate of drug-likeness (QED) is 0.173. The van der Waals surface area contributed by atoms with Gasteiger partial charge in [0.1, 0.15) is 0 Å². The van der Waals surface area contributed by atoms with Gasteiger partial charge in [-0.15, -0.1) is 0 Å². The van der Waals surface area contributed by atoms with Gasteiger partial charge in [-0.25, -0.2) is 9.97 Å². The van der Waals surface area contributed by atoms with Gasteiger partial charge in [0.2, 0.25) is 5.95 Å². The van der Waals surface area contributed by atoms with Crippen LogP contribution in [0.1, 0.15) is 0 Å². The van der Waals surface area contributed by atoms with Crippen molar-refractivity contribution in [3.63, 3.8) is 0 Å². The highest BCUT2D eigenvalue weighted by atomic mass is 16.1. The summed E-state index contributed by atoms with van der Waals surface area (Å²) >= 11 is 0. The molecule has 0 aliphatic heterocycles. The van der Waals surface area contributed by atoms with E-state index in [4.69, 9.17) is 9.97 Å². The molecule has 0 bridgehead atoms. The summed E-state index contributed by atoms with van der Waals surface area (Å²) in [5.41, 5.74) is 8.29. The Kier molecular flexibility index (Phi) is 6.64. The average Bonchev–Trinajstić information content (AvgIpc) is 3.59. The largest absolute Gasteiger partial charge is 0.276 e. The number of hydrogen-bond acceptors (Lipinski definition) is 3. The van der Waals surface area contributed by atoms with Gasteiger partial charge >= 0.3 is 0 Å². The number of fused-ring (bicyclic) bond motifs is 10. The highest BCUT2D eigenvalue weighted by Crippen LogP contribution is 2.41. The smallest absolute Gasteiger partial charge is 0.265 e. The lowest BCUT2D eigenvalue weighted by Crippen LogP contribution is -2.20. The molecule has 11 aromatic rings. The molecule has 11 rings (SSSR count). The zero-order chi connectivity index (χ0) is 35.8. The first kappa shape index (κ1) is 30.3. The second-order valence-corrected chi connectivity index (χ2v) is 13.7. The van der Waals surface area contributed by atoms with Crippen LogP contribution >= 0.6 is 0 Å². The van der Waals surface area contributed by atoms with Gasteiger partial charge in [0.05, 0.1) is 33.1 Å². The third-order valence-electron chi connectivity index (χ3n) is 10.7. The highest BCUT2D eigenvalue weighted by Gasteiger charge is 2.24. The Labute approximate surface area is 309 Å². The Bertz CT molecular complexity index is 3330. The molecule has 0 amide bonds. The first-order chi connectivity index (χ1) is 26.7. The summed E-state index contributed by atoms with van der Waals surface area (Å²) in [6, 6.07) is 62.2. The van der Waals surface area contributed by atoms with E-state index in [0.29, 0.717) is 11.3 Å². The number of benzene rings is 8. The van der Waals surface area contributed by atoms with Gasteiger partial charge in [-0.2, -0.15) is 0 Å². The molecule has 3 aromatic heterocycles. The van der Waals surface area contributed by atoms with Crippen molar-refractivity contribution in [3.8, 4) is 34.0 Å². The van der Waals surface area contributed by atoms with Crippen molar-refractivity contribution in [2.75, 3.05) is 0 Å². The van der Waals surface area contributed by atoms with E-state index in [1.54, 1.807) is 0 Å². The maximum atomic E-state index is 15.2. The molecule has 3 heterocycles. The average molecular weight is 691 g/mol. The molecular weight excluding hydrogens is 661 g/mol. The van der Waals surface area contributed by atoms with Crippen LogP contribution in [0.15, 0.2) is 187 Å². The Morgan fingerprint density at radius 3 is 1.80 bits per heavy atom. The van der Waals surface area contributed by atoms with Crippen LogP contribution < -0.4 is 5.56 Å². The molecule has 252 valence electrons. The Morgan fingerprint density at radius 1 is 0.389 bits per heavy atom. The van der Waals surface area contributed by atoms with Crippen molar-refractivity contribution in [1.82, 2.24) is 19.1 Å². The van der Waals surface area contributed by atoms with Gasteiger partial charge in [-0.1, -0.05) is 158 Å². The molecule has 0 spiro atoms. The third-order valence-corrected chi connectivity index (χ3v) is 10.7. The molecule has 5 nitrogen and oxygen atoms in total. The minimum Gasteiger partial charge on any atom is -0.276 e. The highest BCUT2D eigenvalue weighted by molar-refractivity contribution is 6.26. The lowest BCUT2D eigenvalue weighted by atomic mass is 10.0. The molecule has 8 aromatic carbocycles. The lowest BCUT2D eigenvalue weighted by molar-refractivity contribution is 1.01. The molecule has 0 unspecified atom stereocenters. The molecule has 5 heteroatoms. The van der Waals surface area contributed by atoms with Crippen LogP contribution in [0, 0.1) is 0 Å². The van der Waals surface area contributed by atoms with Gasteiger partial charge in [0, 0.05) is 38.2 Å². The van der Waals surface area contributed by atoms with Gasteiger partial charge in [0.25, 0.3) is 5.56 Å². The molecular formula is C49H30N4O. The number of hydrogen-bond donors (Lipinski definition) is 0. The van der Waals surface area contributed by atoms with Crippen molar-refractivity contribution in [2.45, 2.75) is 0 Å². The summed E-state index contributed by atoms with van der Waals surface area (Å²) in [5.74, 6) is 0.513. The van der Waals surface area contributed by atoms with E-state index in [9.17, 15) is 0 Å². The third kappa shape index (κ3) is 4.49. The predicted molar refractivity (Wildman–Crippen MR) is 223 cm³/mol. The molecule has 0 aliphatic carbocycles. The fraction of sp³-hybridized carbons (Fsp3) is 0. The SMILES string of the molecule is O=c1c2c(ccc3c4ccc5ccccc5c4n(-c4nc(-c5ccc(-c6ccccc6)cc5)c5ccccc5n4)c32)c2ccccc2n1-c1ccccc1. The number of pyridine rings is 1. The monoisotopic (exact) mass is 690 g/mol. The Hall–Kier alpha value is -7.37. The fourth-order valence-electron chi connectivity index (χ4n) is 8.29. The van der Waals surface area contributed by atoms with Crippen LogP contribution in [-0.4, -0.2) is 19.1 Å². The molecule has 0 saturated heterocycles. The molecule has 54 heavy (non-hydrogen) atoms. The predicted octanol–water partition coefficient (Wildman–Crippen LogP) is 11.7. The molecule has 0 fully saturated rings. The summed E-state index contributed by atoms with van der Waals surface area (Å²) in [5, 5.41) is 7.65. The van der Waals surface area contributed by atoms with E-state index in [2.05, 4.69) is 114 Å². The van der Waals surface area contributed by atoms with Crippen molar-refractivity contribution in [2.24, 2.45) is 0 Å². The van der Waals surface area contributed by atoms with Crippen LogP contribution in [0.3, 0.4) is 0 Å². The van der Waals surface area contributed by atoms with E-state index < -0.39 is 0 Å². The summed E-state index contributed by atoms with van der Waals surface area (Å²) in [7, 11) is 0. The topological polar surface area (TPSA) is 52.7 Å². The normalized spacial score (nSPS) is 11.8. The molecule has 0 saturated carbocycles. The second-order valence-electron chi connectivity index (χ2n) is 13.7. The standard InChI is InChI=1S/C49H30N4O/c54-48-44-38(37-19-10-12-22-43(37)52(48)35-16-5-2-6-17-35)29-30-40-39-28-27-33-15-7-8-18-36(33)46(39)53(47(40)44)49-50-42-21-11-9-20-41(42)45(51-49)34-25-23-32(24-26-34)31-13-3-1-4-14-31/h1-30H. The van der Waals surface area contributed by atoms with Crippen molar-refractivity contribution in [1.29, 1.82) is 0 Å². The van der Waals surface area contributed by atoms with Crippen LogP contribution in [0.5, 0.6) is 0 Å². The van der Waals surface area contributed by atoms with Gasteiger partial charge in [-0.05, 0) is 46.2 Å². The first-order valence-corrected chi connectivity index (χ1v) is 18.1. The number of aromatic nitrogens is 4. The second kappa shape index (κ2) is 11.8. The van der Waals surface area contributed by atoms with Crippen molar-refractivity contribution < 1.29 is 0 Å². The first-order valence-electron chi connectivity index (χ1n) is 18.1. The van der Waals surface area contributed by atoms with Crippen LogP contribution in [-0.2, 0) is 0 Å². The lowest BCUT2D eigenvalue weighted by Gasteiger charge is -2.16. The summed E-state index contributed by atoms with van der Waals surface area (Å²) in [6.07, 6.45) is 0. The van der Waals surface area contributed by atoms with Crippen LogP contribution in [0.25, 0.3) is 99.2 Å². The number of nitrogens with zero attached hydrogens (tertiary/aromatic N) is 4. The minimum absolute atomic E-state index is 0.0913. The Balaban J connectivity index is 1.30. The van der Waals surface area contributed by atoms with Crippen LogP contribution in [0.4, 0.5) is 0 Å². The van der Waals surface area contributed by atoms with Crippen LogP contribution in [0.2, 0.25) is 0 Å². The number of rotatable bonds is 4. The molecule has 0 aliphatic rings. The maximum Gasteiger partial charge on any atom is 0.265 e. The summed E-state index contributed by atoms with van der Waals surface area (Å²) < 4.78 is 3.99. The van der Waals surface area contributed by atoms with E-state index in [1.807, 2.05) is 77.4 Å². The molecule has 0 radical (unpaired) electrons. The zero-order valence-corrected chi connectivity index (χ0v) is 29.0. The molecule has 0 atom stereocenters.